The summed E-state index contributed by atoms with van der Waals surface area (Å²) in [5, 5.41) is 15.1. The highest BCUT2D eigenvalue weighted by Gasteiger charge is 2.47. The molecule has 3 rings (SSSR count). The van der Waals surface area contributed by atoms with E-state index in [1.807, 2.05) is 0 Å². The Balaban J connectivity index is 2.05. The van der Waals surface area contributed by atoms with Crippen LogP contribution < -0.4 is 10.6 Å². The Bertz CT molecular complexity index is 1540. The maximum Gasteiger partial charge on any atom is 0.348 e. The van der Waals surface area contributed by atoms with Crippen LogP contribution in [0.1, 0.15) is 63.9 Å². The lowest BCUT2D eigenvalue weighted by Crippen LogP contribution is -2.52. The van der Waals surface area contributed by atoms with E-state index in [2.05, 4.69) is 10.6 Å². The summed E-state index contributed by atoms with van der Waals surface area (Å²) < 4.78 is 22.0. The molecule has 0 bridgehead atoms. The molecule has 14 heteroatoms. The number of para-hydroxylation sites is 1. The van der Waals surface area contributed by atoms with E-state index in [1.54, 1.807) is 44.2 Å². The lowest BCUT2D eigenvalue weighted by atomic mass is 9.83. The van der Waals surface area contributed by atoms with Gasteiger partial charge in [-0.05, 0) is 51.8 Å². The first-order chi connectivity index (χ1) is 22.6. The number of benzene rings is 2. The third-order valence-electron chi connectivity index (χ3n) is 8.00. The first-order valence-corrected chi connectivity index (χ1v) is 15.4. The second-order valence-electron chi connectivity index (χ2n) is 12.0. The molecule has 258 valence electrons. The van der Waals surface area contributed by atoms with Crippen molar-refractivity contribution in [3.63, 3.8) is 0 Å². The highest BCUT2D eigenvalue weighted by atomic mass is 16.6. The fraction of sp³-hybridized carbons (Fsp3) is 0.441. The Labute approximate surface area is 277 Å². The second kappa shape index (κ2) is 16.0. The van der Waals surface area contributed by atoms with Crippen molar-refractivity contribution >= 4 is 47.7 Å². The topological polar surface area (TPSA) is 201 Å². The van der Waals surface area contributed by atoms with Crippen LogP contribution in [0.15, 0.2) is 48.5 Å². The lowest BCUT2D eigenvalue weighted by Gasteiger charge is -2.30. The van der Waals surface area contributed by atoms with Gasteiger partial charge in [0.1, 0.15) is 11.5 Å². The summed E-state index contributed by atoms with van der Waals surface area (Å²) >= 11 is 0. The van der Waals surface area contributed by atoms with Crippen LogP contribution in [0, 0.1) is 11.3 Å². The minimum absolute atomic E-state index is 0.0983. The Morgan fingerprint density at radius 1 is 0.917 bits per heavy atom. The molecular weight excluding hydrogens is 628 g/mol. The first kappa shape index (κ1) is 37.2. The van der Waals surface area contributed by atoms with Crippen molar-refractivity contribution in [1.29, 1.82) is 0 Å². The van der Waals surface area contributed by atoms with Crippen molar-refractivity contribution in [2.75, 3.05) is 5.32 Å². The molecule has 0 spiro atoms. The summed E-state index contributed by atoms with van der Waals surface area (Å²) in [6, 6.07) is 10.7. The van der Waals surface area contributed by atoms with E-state index >= 15 is 0 Å². The van der Waals surface area contributed by atoms with Crippen molar-refractivity contribution in [3.05, 3.63) is 59.7 Å². The monoisotopic (exact) mass is 668 g/mol. The van der Waals surface area contributed by atoms with Crippen LogP contribution in [-0.4, -0.2) is 77.5 Å². The van der Waals surface area contributed by atoms with Gasteiger partial charge in [0, 0.05) is 12.3 Å². The molecule has 2 amide bonds. The predicted molar refractivity (Wildman–Crippen MR) is 168 cm³/mol. The molecule has 6 atom stereocenters. The summed E-state index contributed by atoms with van der Waals surface area (Å²) in [6.07, 6.45) is -5.66. The minimum atomic E-state index is -1.90. The van der Waals surface area contributed by atoms with E-state index in [0.29, 0.717) is 12.0 Å². The largest absolute Gasteiger partial charge is 0.505 e. The van der Waals surface area contributed by atoms with Gasteiger partial charge in [0.2, 0.25) is 12.5 Å². The maximum atomic E-state index is 13.8. The van der Waals surface area contributed by atoms with Gasteiger partial charge >= 0.3 is 23.9 Å². The molecule has 0 radical (unpaired) electrons. The number of phenolic OH excluding ortho intramolecular Hbond substituents is 1. The standard InChI is InChI=1S/C34H40N2O12/c1-7-18(2)27-32(43)45-19(3)25(36-29(40)22-14-11-15-23(26(22)38)35-17-37)31(42)46-20(4)30(41)47-24(16-21-12-9-8-10-13-21)28(39)34(5,6)33(44)48-27/h8-15,17-20,24-25,27,38H,7,16H2,1-6H3,(H,35,37)(H,36,40)/t18-,19-,20-,24+,25+,27-/m0/s1. The van der Waals surface area contributed by atoms with Crippen molar-refractivity contribution in [2.24, 2.45) is 11.3 Å². The smallest absolute Gasteiger partial charge is 0.348 e. The van der Waals surface area contributed by atoms with Gasteiger partial charge in [-0.15, -0.1) is 0 Å². The number of Topliss-reactive ketones (excluding diaryl/α,β-unsaturated/α-hetero) is 1. The average molecular weight is 669 g/mol. The molecule has 2 aromatic carbocycles. The Morgan fingerprint density at radius 2 is 1.58 bits per heavy atom. The number of hydrogen-bond acceptors (Lipinski definition) is 12. The molecular formula is C34H40N2O12. The van der Waals surface area contributed by atoms with Crippen LogP contribution in [0.5, 0.6) is 5.75 Å². The van der Waals surface area contributed by atoms with Gasteiger partial charge in [0.05, 0.1) is 11.3 Å². The van der Waals surface area contributed by atoms with E-state index in [-0.39, 0.29) is 24.1 Å². The molecule has 1 aliphatic heterocycles. The van der Waals surface area contributed by atoms with Crippen LogP contribution in [0.25, 0.3) is 0 Å². The van der Waals surface area contributed by atoms with Crippen molar-refractivity contribution in [3.8, 4) is 5.75 Å². The quantitative estimate of drug-likeness (QED) is 0.122. The molecule has 2 aromatic rings. The van der Waals surface area contributed by atoms with Crippen LogP contribution in [0.2, 0.25) is 0 Å². The third-order valence-corrected chi connectivity index (χ3v) is 8.00. The average Bonchev–Trinajstić information content (AvgIpc) is 3.05. The number of anilines is 1. The zero-order valence-electron chi connectivity index (χ0n) is 27.5. The molecule has 0 saturated carbocycles. The number of rotatable bonds is 8. The van der Waals surface area contributed by atoms with Gasteiger partial charge in [-0.1, -0.05) is 50.2 Å². The van der Waals surface area contributed by atoms with Gasteiger partial charge in [-0.25, -0.2) is 14.4 Å². The maximum absolute atomic E-state index is 13.8. The number of hydrogen-bond donors (Lipinski definition) is 3. The number of carbonyl (C=O) groups is 7. The molecule has 0 aliphatic carbocycles. The van der Waals surface area contributed by atoms with Gasteiger partial charge in [0.15, 0.2) is 29.8 Å². The van der Waals surface area contributed by atoms with Crippen LogP contribution >= 0.6 is 0 Å². The number of carbonyl (C=O) groups excluding carboxylic acids is 7. The van der Waals surface area contributed by atoms with Gasteiger partial charge < -0.3 is 34.7 Å². The third kappa shape index (κ3) is 8.75. The number of cyclic esters (lactones) is 4. The van der Waals surface area contributed by atoms with E-state index in [9.17, 15) is 38.7 Å². The lowest BCUT2D eigenvalue weighted by molar-refractivity contribution is -0.183. The van der Waals surface area contributed by atoms with E-state index in [1.165, 1.54) is 45.9 Å². The SMILES string of the molecule is CC[C@H](C)[C@@H]1OC(=O)C(C)(C)C(=O)[C@@H](Cc2ccccc2)OC(=O)[C@H](C)OC(=O)[C@H](NC(=O)c2cccc(NC=O)c2O)[C@H](C)OC1=O. The summed E-state index contributed by atoms with van der Waals surface area (Å²) in [7, 11) is 0. The summed E-state index contributed by atoms with van der Waals surface area (Å²) in [5.41, 5.74) is -1.75. The number of amides is 2. The number of phenols is 1. The second-order valence-corrected chi connectivity index (χ2v) is 12.0. The molecule has 0 unspecified atom stereocenters. The Hall–Kier alpha value is -5.27. The van der Waals surface area contributed by atoms with Gasteiger partial charge in [0.25, 0.3) is 5.91 Å². The van der Waals surface area contributed by atoms with Crippen LogP contribution in [0.4, 0.5) is 5.69 Å². The molecule has 14 nitrogen and oxygen atoms in total. The van der Waals surface area contributed by atoms with Gasteiger partial charge in [-0.2, -0.15) is 0 Å². The minimum Gasteiger partial charge on any atom is -0.505 e. The number of ketones is 1. The normalized spacial score (nSPS) is 24.4. The van der Waals surface area contributed by atoms with E-state index in [4.69, 9.17) is 18.9 Å². The fourth-order valence-corrected chi connectivity index (χ4v) is 4.74. The van der Waals surface area contributed by atoms with Crippen molar-refractivity contribution < 1.29 is 57.6 Å². The van der Waals surface area contributed by atoms with Crippen LogP contribution in [0.3, 0.4) is 0 Å². The molecule has 0 aromatic heterocycles. The van der Waals surface area contributed by atoms with Gasteiger partial charge in [-0.3, -0.25) is 19.2 Å². The highest BCUT2D eigenvalue weighted by molar-refractivity contribution is 6.06. The summed E-state index contributed by atoms with van der Waals surface area (Å²) in [6.45, 7) is 8.36. The van der Waals surface area contributed by atoms with Crippen LogP contribution in [-0.2, 0) is 54.1 Å². The molecule has 3 N–H and O–H groups in total. The summed E-state index contributed by atoms with van der Waals surface area (Å²) in [4.78, 5) is 91.8. The van der Waals surface area contributed by atoms with E-state index in [0.717, 1.165) is 0 Å². The molecule has 1 fully saturated rings. The molecule has 1 heterocycles. The fourth-order valence-electron chi connectivity index (χ4n) is 4.74. The highest BCUT2D eigenvalue weighted by Crippen LogP contribution is 2.29. The molecule has 1 aliphatic rings. The summed E-state index contributed by atoms with van der Waals surface area (Å²) in [5.74, 6) is -7.58. The predicted octanol–water partition coefficient (Wildman–Crippen LogP) is 2.64. The Kier molecular flexibility index (Phi) is 12.4. The number of nitrogens with one attached hydrogen (secondary N) is 2. The molecule has 1 saturated heterocycles. The first-order valence-electron chi connectivity index (χ1n) is 15.4. The van der Waals surface area contributed by atoms with Crippen molar-refractivity contribution in [1.82, 2.24) is 5.32 Å². The number of aromatic hydroxyl groups is 1. The Morgan fingerprint density at radius 3 is 2.21 bits per heavy atom. The zero-order valence-corrected chi connectivity index (χ0v) is 27.5. The molecule has 48 heavy (non-hydrogen) atoms. The number of esters is 4. The number of ether oxygens (including phenoxy) is 4. The van der Waals surface area contributed by atoms with E-state index < -0.39 is 83.1 Å². The van der Waals surface area contributed by atoms with Crippen molar-refractivity contribution in [2.45, 2.75) is 84.8 Å². The zero-order chi connectivity index (χ0) is 35.8.